The molecule has 0 saturated heterocycles. The van der Waals surface area contributed by atoms with Gasteiger partial charge in [-0.05, 0) is 0 Å². The first-order valence-corrected chi connectivity index (χ1v) is 3.44. The van der Waals surface area contributed by atoms with Gasteiger partial charge in [-0.15, -0.1) is 4.91 Å². The molecule has 58 valence electrons. The summed E-state index contributed by atoms with van der Waals surface area (Å²) in [5.74, 6) is -0.368. The molecule has 0 aromatic rings. The Morgan fingerprint density at radius 1 is 1.90 bits per heavy atom. The molecule has 6 heteroatoms. The van der Waals surface area contributed by atoms with Gasteiger partial charge in [-0.1, -0.05) is 0 Å². The molecule has 0 spiro atoms. The van der Waals surface area contributed by atoms with E-state index in [2.05, 4.69) is 9.32 Å². The van der Waals surface area contributed by atoms with Crippen molar-refractivity contribution in [3.05, 3.63) is 4.91 Å². The highest BCUT2D eigenvalue weighted by Crippen LogP contribution is 2.01. The van der Waals surface area contributed by atoms with Crippen LogP contribution in [0.3, 0.4) is 0 Å². The first-order chi connectivity index (χ1) is 4.72. The van der Waals surface area contributed by atoms with Crippen molar-refractivity contribution >= 4 is 17.9 Å². The van der Waals surface area contributed by atoms with Crippen LogP contribution < -0.4 is 5.73 Å². The summed E-state index contributed by atoms with van der Waals surface area (Å²) in [5.41, 5.74) is 5.22. The number of rotatable bonds is 4. The summed E-state index contributed by atoms with van der Waals surface area (Å²) in [4.78, 5) is 20.0. The third-order valence-electron chi connectivity index (χ3n) is 0.811. The van der Waals surface area contributed by atoms with Crippen LogP contribution in [0.4, 0.5) is 0 Å². The summed E-state index contributed by atoms with van der Waals surface area (Å²) < 4.78 is 6.76. The molecule has 0 aromatic heterocycles. The van der Waals surface area contributed by atoms with E-state index in [1.807, 2.05) is 0 Å². The number of esters is 1. The van der Waals surface area contributed by atoms with Crippen LogP contribution in [0.25, 0.3) is 0 Å². The van der Waals surface area contributed by atoms with Crippen LogP contribution in [0.2, 0.25) is 0 Å². The summed E-state index contributed by atoms with van der Waals surface area (Å²) in [5, 5.41) is 0. The molecule has 0 heterocycles. The second kappa shape index (κ2) is 5.19. The molecule has 2 N–H and O–H groups in total. The number of nitroso groups, excluding NO2 is 1. The average molecular weight is 164 g/mol. The number of nitrogens with two attached hydrogens (primary N) is 1. The van der Waals surface area contributed by atoms with Gasteiger partial charge < -0.3 is 10.5 Å². The van der Waals surface area contributed by atoms with Crippen molar-refractivity contribution in [2.75, 3.05) is 12.9 Å². The first-order valence-electron chi connectivity index (χ1n) is 2.50. The second-order valence-electron chi connectivity index (χ2n) is 1.50. The molecule has 0 rings (SSSR count). The van der Waals surface area contributed by atoms with Crippen LogP contribution in [0.15, 0.2) is 4.58 Å². The predicted octanol–water partition coefficient (Wildman–Crippen LogP) is -0.0987. The quantitative estimate of drug-likeness (QED) is 0.356. The smallest absolute Gasteiger partial charge is 0.323 e. The Balaban J connectivity index is 3.50. The Bertz CT molecular complexity index is 130. The van der Waals surface area contributed by atoms with Gasteiger partial charge in [0.25, 0.3) is 0 Å². The average Bonchev–Trinajstić information content (AvgIpc) is 1.98. The molecule has 0 bridgehead atoms. The summed E-state index contributed by atoms with van der Waals surface area (Å²) in [7, 11) is 1.24. The lowest BCUT2D eigenvalue weighted by Gasteiger charge is -2.03. The fourth-order valence-corrected chi connectivity index (χ4v) is 0.688. The fraction of sp³-hybridized carbons (Fsp3) is 0.750. The van der Waals surface area contributed by atoms with Gasteiger partial charge in [-0.3, -0.25) is 4.79 Å². The molecule has 10 heavy (non-hydrogen) atoms. The van der Waals surface area contributed by atoms with Crippen molar-refractivity contribution < 1.29 is 9.53 Å². The van der Waals surface area contributed by atoms with E-state index < -0.39 is 12.0 Å². The van der Waals surface area contributed by atoms with E-state index in [4.69, 9.17) is 5.73 Å². The van der Waals surface area contributed by atoms with Crippen LogP contribution in [0.1, 0.15) is 0 Å². The van der Waals surface area contributed by atoms with E-state index in [0.717, 1.165) is 0 Å². The van der Waals surface area contributed by atoms with E-state index in [9.17, 15) is 9.70 Å². The largest absolute Gasteiger partial charge is 0.468 e. The molecule has 0 aromatic carbocycles. The number of hydrogen-bond donors (Lipinski definition) is 1. The van der Waals surface area contributed by atoms with E-state index >= 15 is 0 Å². The predicted molar refractivity (Wildman–Crippen MR) is 38.2 cm³/mol. The first kappa shape index (κ1) is 9.38. The third kappa shape index (κ3) is 3.41. The topological polar surface area (TPSA) is 81.8 Å². The zero-order valence-corrected chi connectivity index (χ0v) is 6.26. The highest BCUT2D eigenvalue weighted by molar-refractivity contribution is 7.97. The normalized spacial score (nSPS) is 12.2. The number of hydrogen-bond acceptors (Lipinski definition) is 6. The minimum absolute atomic E-state index is 0.163. The molecular weight excluding hydrogens is 156 g/mol. The van der Waals surface area contributed by atoms with Crippen LogP contribution in [-0.2, 0) is 9.53 Å². The lowest BCUT2D eigenvalue weighted by molar-refractivity contribution is -0.141. The van der Waals surface area contributed by atoms with Gasteiger partial charge in [0.15, 0.2) is 0 Å². The summed E-state index contributed by atoms with van der Waals surface area (Å²) >= 11 is 0.704. The molecule has 1 unspecified atom stereocenters. The molecule has 5 nitrogen and oxygen atoms in total. The van der Waals surface area contributed by atoms with Gasteiger partial charge in [0.1, 0.15) is 6.04 Å². The Morgan fingerprint density at radius 3 is 2.90 bits per heavy atom. The summed E-state index contributed by atoms with van der Waals surface area (Å²) in [6.45, 7) is 0. The maximum Gasteiger partial charge on any atom is 0.323 e. The summed E-state index contributed by atoms with van der Waals surface area (Å²) in [6, 6.07) is -0.757. The van der Waals surface area contributed by atoms with Crippen molar-refractivity contribution in [2.24, 2.45) is 10.3 Å². The molecule has 1 atom stereocenters. The monoisotopic (exact) mass is 164 g/mol. The standard InChI is InChI=1S/C4H8N2O3S/c1-9-4(7)3(5)2-10-6-8/h3H,2,5H2,1H3. The van der Waals surface area contributed by atoms with E-state index in [1.165, 1.54) is 7.11 Å². The maximum absolute atomic E-state index is 10.5. The van der Waals surface area contributed by atoms with Crippen LogP contribution in [-0.4, -0.2) is 24.9 Å². The van der Waals surface area contributed by atoms with Crippen molar-refractivity contribution in [1.29, 1.82) is 0 Å². The molecule has 0 radical (unpaired) electrons. The van der Waals surface area contributed by atoms with Gasteiger partial charge in [-0.2, -0.15) is 0 Å². The number of carbonyl (C=O) groups is 1. The van der Waals surface area contributed by atoms with Gasteiger partial charge in [0.2, 0.25) is 0 Å². The van der Waals surface area contributed by atoms with Gasteiger partial charge >= 0.3 is 5.97 Å². The van der Waals surface area contributed by atoms with Crippen molar-refractivity contribution in [3.63, 3.8) is 0 Å². The third-order valence-corrected chi connectivity index (χ3v) is 1.42. The minimum Gasteiger partial charge on any atom is -0.468 e. The SMILES string of the molecule is COC(=O)C(N)CSN=O. The highest BCUT2D eigenvalue weighted by atomic mass is 32.2. The lowest BCUT2D eigenvalue weighted by Crippen LogP contribution is -2.33. The number of carbonyl (C=O) groups excluding carboxylic acids is 1. The Morgan fingerprint density at radius 2 is 2.50 bits per heavy atom. The Hall–Kier alpha value is -0.620. The summed E-state index contributed by atoms with van der Waals surface area (Å²) in [6.07, 6.45) is 0. The van der Waals surface area contributed by atoms with E-state index in [1.54, 1.807) is 0 Å². The Labute approximate surface area is 62.4 Å². The zero-order chi connectivity index (χ0) is 7.98. The number of nitrogens with zero attached hydrogens (tertiary/aromatic N) is 1. The van der Waals surface area contributed by atoms with E-state index in [0.29, 0.717) is 11.9 Å². The number of ether oxygens (including phenoxy) is 1. The second-order valence-corrected chi connectivity index (χ2v) is 2.24. The Kier molecular flexibility index (Phi) is 4.87. The molecule has 0 fully saturated rings. The molecule has 0 amide bonds. The van der Waals surface area contributed by atoms with Crippen LogP contribution in [0, 0.1) is 4.91 Å². The molecule has 0 aliphatic heterocycles. The molecular formula is C4H8N2O3S. The van der Waals surface area contributed by atoms with Crippen molar-refractivity contribution in [1.82, 2.24) is 0 Å². The number of methoxy groups -OCH3 is 1. The minimum atomic E-state index is -0.757. The lowest BCUT2D eigenvalue weighted by atomic mass is 10.4. The molecule has 0 aliphatic carbocycles. The van der Waals surface area contributed by atoms with Gasteiger partial charge in [0, 0.05) is 22.3 Å². The maximum atomic E-state index is 10.5. The molecule has 0 saturated carbocycles. The fourth-order valence-electron chi connectivity index (χ4n) is 0.330. The van der Waals surface area contributed by atoms with Crippen LogP contribution >= 0.6 is 11.9 Å². The molecule has 0 aliphatic rings. The zero-order valence-electron chi connectivity index (χ0n) is 5.44. The van der Waals surface area contributed by atoms with Crippen molar-refractivity contribution in [3.8, 4) is 0 Å². The van der Waals surface area contributed by atoms with Crippen molar-refractivity contribution in [2.45, 2.75) is 6.04 Å². The van der Waals surface area contributed by atoms with E-state index in [-0.39, 0.29) is 5.75 Å². The van der Waals surface area contributed by atoms with Gasteiger partial charge in [-0.25, -0.2) is 0 Å². The van der Waals surface area contributed by atoms with Crippen LogP contribution in [0.5, 0.6) is 0 Å². The highest BCUT2D eigenvalue weighted by Gasteiger charge is 2.12. The van der Waals surface area contributed by atoms with Gasteiger partial charge in [0.05, 0.1) is 7.11 Å².